The Bertz CT molecular complexity index is 1030. The molecule has 0 saturated carbocycles. The minimum atomic E-state index is -1.98. The van der Waals surface area contributed by atoms with Gasteiger partial charge in [-0.2, -0.15) is 0 Å². The molecule has 2 aromatic carbocycles. The number of hydrogen-bond acceptors (Lipinski definition) is 4. The van der Waals surface area contributed by atoms with Crippen LogP contribution in [0.4, 0.5) is 0 Å². The predicted octanol–water partition coefficient (Wildman–Crippen LogP) is 6.44. The largest absolute Gasteiger partial charge is 0.543 e. The lowest BCUT2D eigenvalue weighted by Crippen LogP contribution is -2.57. The SMILES string of the molecule is C=CCN1C[C@H](C)N([C@H](c2ccc(C(=O)O)cc2)c2cccc(O[Si](C)(C)C(C)(C)C)c2)C[C@H]1C. The Kier molecular flexibility index (Phi) is 8.30. The van der Waals surface area contributed by atoms with Gasteiger partial charge in [0.25, 0.3) is 0 Å². The molecular weight excluding hydrogens is 452 g/mol. The molecule has 35 heavy (non-hydrogen) atoms. The van der Waals surface area contributed by atoms with Crippen LogP contribution < -0.4 is 4.43 Å². The van der Waals surface area contributed by atoms with Crippen LogP contribution in [0, 0.1) is 0 Å². The third-order valence-electron chi connectivity index (χ3n) is 7.68. The van der Waals surface area contributed by atoms with Crippen molar-refractivity contribution < 1.29 is 14.3 Å². The lowest BCUT2D eigenvalue weighted by atomic mass is 9.93. The second kappa shape index (κ2) is 10.7. The Morgan fingerprint density at radius 1 is 1.11 bits per heavy atom. The average molecular weight is 495 g/mol. The van der Waals surface area contributed by atoms with E-state index in [0.29, 0.717) is 17.6 Å². The van der Waals surface area contributed by atoms with Crippen molar-refractivity contribution in [3.63, 3.8) is 0 Å². The highest BCUT2D eigenvalue weighted by Gasteiger charge is 2.39. The maximum absolute atomic E-state index is 11.5. The maximum Gasteiger partial charge on any atom is 0.335 e. The summed E-state index contributed by atoms with van der Waals surface area (Å²) in [6, 6.07) is 16.5. The van der Waals surface area contributed by atoms with Gasteiger partial charge < -0.3 is 9.53 Å². The summed E-state index contributed by atoms with van der Waals surface area (Å²) in [6.07, 6.45) is 1.97. The van der Waals surface area contributed by atoms with Crippen LogP contribution in [0.25, 0.3) is 0 Å². The number of piperazine rings is 1. The molecule has 1 aliphatic heterocycles. The molecule has 0 unspecified atom stereocenters. The Labute approximate surface area is 212 Å². The zero-order chi connectivity index (χ0) is 26.0. The molecule has 3 rings (SSSR count). The summed E-state index contributed by atoms with van der Waals surface area (Å²) in [5.74, 6) is 0.00476. The van der Waals surface area contributed by atoms with Gasteiger partial charge in [0.1, 0.15) is 5.75 Å². The van der Waals surface area contributed by atoms with Gasteiger partial charge in [0.2, 0.25) is 8.32 Å². The minimum absolute atomic E-state index is 0.00383. The van der Waals surface area contributed by atoms with Gasteiger partial charge in [0.05, 0.1) is 11.6 Å². The van der Waals surface area contributed by atoms with Crippen LogP contribution in [0.3, 0.4) is 0 Å². The highest BCUT2D eigenvalue weighted by molar-refractivity contribution is 6.74. The zero-order valence-corrected chi connectivity index (χ0v) is 23.4. The second-order valence-electron chi connectivity index (χ2n) is 11.4. The van der Waals surface area contributed by atoms with Crippen LogP contribution >= 0.6 is 0 Å². The normalized spacial score (nSPS) is 20.9. The number of nitrogens with zero attached hydrogens (tertiary/aromatic N) is 2. The lowest BCUT2D eigenvalue weighted by Gasteiger charge is -2.47. The number of rotatable bonds is 8. The third kappa shape index (κ3) is 6.24. The molecule has 2 aromatic rings. The van der Waals surface area contributed by atoms with E-state index in [2.05, 4.69) is 88.4 Å². The van der Waals surface area contributed by atoms with Crippen LogP contribution in [0.1, 0.15) is 62.1 Å². The van der Waals surface area contributed by atoms with E-state index >= 15 is 0 Å². The number of carboxylic acids is 1. The van der Waals surface area contributed by atoms with Crippen LogP contribution in [0.5, 0.6) is 5.75 Å². The molecule has 0 bridgehead atoms. The summed E-state index contributed by atoms with van der Waals surface area (Å²) in [6.45, 7) is 22.5. The number of aromatic carboxylic acids is 1. The fraction of sp³-hybridized carbons (Fsp3) is 0.483. The van der Waals surface area contributed by atoms with E-state index < -0.39 is 14.3 Å². The topological polar surface area (TPSA) is 53.0 Å². The van der Waals surface area contributed by atoms with Crippen molar-refractivity contribution in [1.82, 2.24) is 9.80 Å². The molecule has 0 amide bonds. The predicted molar refractivity (Wildman–Crippen MR) is 147 cm³/mol. The maximum atomic E-state index is 11.5. The van der Waals surface area contributed by atoms with E-state index in [1.807, 2.05) is 18.2 Å². The van der Waals surface area contributed by atoms with E-state index in [1.165, 1.54) is 5.56 Å². The summed E-state index contributed by atoms with van der Waals surface area (Å²) in [7, 11) is -1.98. The average Bonchev–Trinajstić information content (AvgIpc) is 2.77. The smallest absolute Gasteiger partial charge is 0.335 e. The summed E-state index contributed by atoms with van der Waals surface area (Å²) in [5.41, 5.74) is 2.57. The summed E-state index contributed by atoms with van der Waals surface area (Å²) < 4.78 is 6.65. The molecule has 5 nitrogen and oxygen atoms in total. The standard InChI is InChI=1S/C29H42N2O3Si/c1-9-17-30-19-22(3)31(20-21(30)2)27(23-13-15-24(16-14-23)28(32)33)25-11-10-12-26(18-25)34-35(7,8)29(4,5)6/h9-16,18,21-22,27H,1,17,19-20H2,2-8H3,(H,32,33)/t21-,22+,27-/m1/s1. The van der Waals surface area contributed by atoms with Crippen LogP contribution in [0.2, 0.25) is 18.1 Å². The van der Waals surface area contributed by atoms with Gasteiger partial charge in [-0.15, -0.1) is 6.58 Å². The molecule has 1 saturated heterocycles. The van der Waals surface area contributed by atoms with E-state index in [0.717, 1.165) is 30.9 Å². The number of hydrogen-bond donors (Lipinski definition) is 1. The second-order valence-corrected chi connectivity index (χ2v) is 16.1. The minimum Gasteiger partial charge on any atom is -0.543 e. The van der Waals surface area contributed by atoms with Crippen molar-refractivity contribution in [1.29, 1.82) is 0 Å². The molecule has 1 heterocycles. The van der Waals surface area contributed by atoms with Crippen molar-refractivity contribution in [3.8, 4) is 5.75 Å². The van der Waals surface area contributed by atoms with E-state index in [1.54, 1.807) is 12.1 Å². The first kappa shape index (κ1) is 27.2. The molecule has 190 valence electrons. The van der Waals surface area contributed by atoms with Gasteiger partial charge in [-0.25, -0.2) is 4.79 Å². The van der Waals surface area contributed by atoms with Crippen LogP contribution in [-0.4, -0.2) is 60.9 Å². The molecule has 1 aliphatic rings. The molecule has 0 aliphatic carbocycles. The lowest BCUT2D eigenvalue weighted by molar-refractivity contribution is 0.0306. The van der Waals surface area contributed by atoms with Gasteiger partial charge in [0.15, 0.2) is 0 Å². The van der Waals surface area contributed by atoms with Crippen molar-refractivity contribution in [2.24, 2.45) is 0 Å². The molecule has 1 N–H and O–H groups in total. The summed E-state index contributed by atoms with van der Waals surface area (Å²) >= 11 is 0. The monoisotopic (exact) mass is 494 g/mol. The highest BCUT2D eigenvalue weighted by Crippen LogP contribution is 2.39. The Hall–Kier alpha value is -2.41. The van der Waals surface area contributed by atoms with Crippen molar-refractivity contribution in [2.45, 2.75) is 70.9 Å². The van der Waals surface area contributed by atoms with Crippen molar-refractivity contribution in [3.05, 3.63) is 77.9 Å². The molecule has 0 aromatic heterocycles. The Balaban J connectivity index is 2.02. The quantitative estimate of drug-likeness (QED) is 0.338. The zero-order valence-electron chi connectivity index (χ0n) is 22.4. The number of carboxylic acid groups (broad SMARTS) is 1. The van der Waals surface area contributed by atoms with Gasteiger partial charge in [-0.05, 0) is 67.4 Å². The first-order chi connectivity index (χ1) is 16.3. The Morgan fingerprint density at radius 3 is 2.34 bits per heavy atom. The molecule has 1 fully saturated rings. The highest BCUT2D eigenvalue weighted by atomic mass is 28.4. The molecular formula is C29H42N2O3Si. The third-order valence-corrected chi connectivity index (χ3v) is 12.0. The van der Waals surface area contributed by atoms with Gasteiger partial charge in [-0.1, -0.05) is 51.1 Å². The molecule has 0 radical (unpaired) electrons. The van der Waals surface area contributed by atoms with Crippen molar-refractivity contribution >= 4 is 14.3 Å². The van der Waals surface area contributed by atoms with Gasteiger partial charge in [-0.3, -0.25) is 9.80 Å². The van der Waals surface area contributed by atoms with Gasteiger partial charge >= 0.3 is 5.97 Å². The Morgan fingerprint density at radius 2 is 1.77 bits per heavy atom. The van der Waals surface area contributed by atoms with Crippen molar-refractivity contribution in [2.75, 3.05) is 19.6 Å². The molecule has 6 heteroatoms. The first-order valence-electron chi connectivity index (χ1n) is 12.6. The van der Waals surface area contributed by atoms with Crippen LogP contribution in [0.15, 0.2) is 61.2 Å². The fourth-order valence-corrected chi connectivity index (χ4v) is 5.61. The van der Waals surface area contributed by atoms with Gasteiger partial charge in [0, 0.05) is 31.7 Å². The first-order valence-corrected chi connectivity index (χ1v) is 15.5. The van der Waals surface area contributed by atoms with E-state index in [4.69, 9.17) is 4.43 Å². The van der Waals surface area contributed by atoms with E-state index in [9.17, 15) is 9.90 Å². The van der Waals surface area contributed by atoms with E-state index in [-0.39, 0.29) is 11.1 Å². The van der Waals surface area contributed by atoms with Crippen LogP contribution in [-0.2, 0) is 0 Å². The summed E-state index contributed by atoms with van der Waals surface area (Å²) in [5, 5.41) is 9.52. The number of benzene rings is 2. The summed E-state index contributed by atoms with van der Waals surface area (Å²) in [4.78, 5) is 16.5. The molecule has 0 spiro atoms. The fourth-order valence-electron chi connectivity index (χ4n) is 4.58. The molecule has 3 atom stereocenters. The number of carbonyl (C=O) groups is 1.